The van der Waals surface area contributed by atoms with Crippen molar-refractivity contribution in [1.29, 1.82) is 0 Å². The molecule has 0 saturated carbocycles. The fourth-order valence-electron chi connectivity index (χ4n) is 1.78. The van der Waals surface area contributed by atoms with E-state index in [0.29, 0.717) is 5.92 Å². The predicted molar refractivity (Wildman–Crippen MR) is 67.2 cm³/mol. The lowest BCUT2D eigenvalue weighted by Gasteiger charge is -2.12. The van der Waals surface area contributed by atoms with E-state index in [9.17, 15) is 0 Å². The minimum absolute atomic E-state index is 0.506. The number of ether oxygens (including phenoxy) is 2. The van der Waals surface area contributed by atoms with Crippen LogP contribution in [0.15, 0.2) is 30.4 Å². The molecule has 0 N–H and O–H groups in total. The standard InChI is InChI=1S/C14H20O2/c1-5-6-11(2)9-12-10-13(15-3)7-8-14(12)16-4/h5-8,10-11H,9H2,1-4H3/b6-5-. The van der Waals surface area contributed by atoms with Crippen molar-refractivity contribution in [3.05, 3.63) is 35.9 Å². The fraction of sp³-hybridized carbons (Fsp3) is 0.429. The highest BCUT2D eigenvalue weighted by Gasteiger charge is 2.07. The first-order chi connectivity index (χ1) is 7.71. The Balaban J connectivity index is 2.90. The van der Waals surface area contributed by atoms with Gasteiger partial charge in [0, 0.05) is 0 Å². The Hall–Kier alpha value is -1.44. The maximum atomic E-state index is 5.34. The van der Waals surface area contributed by atoms with E-state index in [1.165, 1.54) is 5.56 Å². The Bertz CT molecular complexity index is 356. The Morgan fingerprint density at radius 2 is 2.00 bits per heavy atom. The summed E-state index contributed by atoms with van der Waals surface area (Å²) < 4.78 is 10.6. The largest absolute Gasteiger partial charge is 0.497 e. The van der Waals surface area contributed by atoms with Gasteiger partial charge in [-0.3, -0.25) is 0 Å². The normalized spacial score (nSPS) is 12.8. The van der Waals surface area contributed by atoms with Crippen molar-refractivity contribution in [2.75, 3.05) is 14.2 Å². The smallest absolute Gasteiger partial charge is 0.122 e. The summed E-state index contributed by atoms with van der Waals surface area (Å²) in [5, 5.41) is 0. The first-order valence-electron chi connectivity index (χ1n) is 5.55. The van der Waals surface area contributed by atoms with Crippen LogP contribution in [-0.2, 0) is 6.42 Å². The molecule has 1 aromatic carbocycles. The predicted octanol–water partition coefficient (Wildman–Crippen LogP) is 3.46. The third-order valence-electron chi connectivity index (χ3n) is 2.55. The molecular formula is C14H20O2. The van der Waals surface area contributed by atoms with Crippen molar-refractivity contribution in [1.82, 2.24) is 0 Å². The molecule has 1 atom stereocenters. The summed E-state index contributed by atoms with van der Waals surface area (Å²) in [6, 6.07) is 5.91. The lowest BCUT2D eigenvalue weighted by Crippen LogP contribution is -1.99. The molecular weight excluding hydrogens is 200 g/mol. The number of methoxy groups -OCH3 is 2. The number of benzene rings is 1. The summed E-state index contributed by atoms with van der Waals surface area (Å²) in [6.45, 7) is 4.23. The molecule has 0 aromatic heterocycles. The maximum Gasteiger partial charge on any atom is 0.122 e. The molecule has 0 heterocycles. The zero-order valence-corrected chi connectivity index (χ0v) is 10.5. The Morgan fingerprint density at radius 1 is 1.25 bits per heavy atom. The van der Waals surface area contributed by atoms with Crippen LogP contribution in [0.25, 0.3) is 0 Å². The van der Waals surface area contributed by atoms with Crippen molar-refractivity contribution >= 4 is 0 Å². The van der Waals surface area contributed by atoms with E-state index in [2.05, 4.69) is 19.1 Å². The molecule has 0 radical (unpaired) electrons. The molecule has 1 aromatic rings. The molecule has 0 aliphatic rings. The molecule has 88 valence electrons. The van der Waals surface area contributed by atoms with Crippen molar-refractivity contribution in [3.63, 3.8) is 0 Å². The summed E-state index contributed by atoms with van der Waals surface area (Å²) in [5.41, 5.74) is 1.19. The summed E-state index contributed by atoms with van der Waals surface area (Å²) in [6.07, 6.45) is 5.24. The zero-order valence-electron chi connectivity index (χ0n) is 10.5. The van der Waals surface area contributed by atoms with Crippen LogP contribution in [0.4, 0.5) is 0 Å². The van der Waals surface area contributed by atoms with Crippen LogP contribution in [0.2, 0.25) is 0 Å². The molecule has 0 spiro atoms. The maximum absolute atomic E-state index is 5.34. The first-order valence-corrected chi connectivity index (χ1v) is 5.55. The highest BCUT2D eigenvalue weighted by Crippen LogP contribution is 2.26. The van der Waals surface area contributed by atoms with E-state index < -0.39 is 0 Å². The monoisotopic (exact) mass is 220 g/mol. The number of rotatable bonds is 5. The summed E-state index contributed by atoms with van der Waals surface area (Å²) >= 11 is 0. The topological polar surface area (TPSA) is 18.5 Å². The van der Waals surface area contributed by atoms with Gasteiger partial charge in [0.2, 0.25) is 0 Å². The van der Waals surface area contributed by atoms with E-state index in [1.807, 2.05) is 25.1 Å². The molecule has 1 unspecified atom stereocenters. The molecule has 2 nitrogen and oxygen atoms in total. The summed E-state index contributed by atoms with van der Waals surface area (Å²) in [4.78, 5) is 0. The molecule has 0 aliphatic carbocycles. The second-order valence-electron chi connectivity index (χ2n) is 3.88. The van der Waals surface area contributed by atoms with Gasteiger partial charge in [-0.15, -0.1) is 0 Å². The van der Waals surface area contributed by atoms with Gasteiger partial charge in [-0.2, -0.15) is 0 Å². The van der Waals surface area contributed by atoms with Crippen LogP contribution in [0.1, 0.15) is 19.4 Å². The summed E-state index contributed by atoms with van der Waals surface area (Å²) in [5.74, 6) is 2.31. The molecule has 0 saturated heterocycles. The van der Waals surface area contributed by atoms with Crippen LogP contribution >= 0.6 is 0 Å². The van der Waals surface area contributed by atoms with Crippen molar-refractivity contribution < 1.29 is 9.47 Å². The van der Waals surface area contributed by atoms with Gasteiger partial charge in [-0.1, -0.05) is 19.1 Å². The van der Waals surface area contributed by atoms with Gasteiger partial charge >= 0.3 is 0 Å². The van der Waals surface area contributed by atoms with Crippen LogP contribution in [0.5, 0.6) is 11.5 Å². The Morgan fingerprint density at radius 3 is 2.56 bits per heavy atom. The van der Waals surface area contributed by atoms with Crippen LogP contribution in [-0.4, -0.2) is 14.2 Å². The van der Waals surface area contributed by atoms with Crippen LogP contribution in [0, 0.1) is 5.92 Å². The van der Waals surface area contributed by atoms with Crippen LogP contribution in [0.3, 0.4) is 0 Å². The molecule has 0 bridgehead atoms. The second kappa shape index (κ2) is 6.21. The lowest BCUT2D eigenvalue weighted by molar-refractivity contribution is 0.397. The minimum atomic E-state index is 0.506. The van der Waals surface area contributed by atoms with Gasteiger partial charge in [0.1, 0.15) is 11.5 Å². The number of allylic oxidation sites excluding steroid dienone is 2. The lowest BCUT2D eigenvalue weighted by atomic mass is 9.99. The molecule has 0 fully saturated rings. The van der Waals surface area contributed by atoms with Gasteiger partial charge in [0.15, 0.2) is 0 Å². The van der Waals surface area contributed by atoms with Gasteiger partial charge in [-0.25, -0.2) is 0 Å². The van der Waals surface area contributed by atoms with Gasteiger partial charge in [-0.05, 0) is 43.0 Å². The van der Waals surface area contributed by atoms with Crippen molar-refractivity contribution in [3.8, 4) is 11.5 Å². The van der Waals surface area contributed by atoms with Crippen molar-refractivity contribution in [2.45, 2.75) is 20.3 Å². The number of hydrogen-bond donors (Lipinski definition) is 0. The van der Waals surface area contributed by atoms with Crippen LogP contribution < -0.4 is 9.47 Å². The molecule has 2 heteroatoms. The SMILES string of the molecule is C/C=C\C(C)Cc1cc(OC)ccc1OC. The highest BCUT2D eigenvalue weighted by molar-refractivity contribution is 5.40. The second-order valence-corrected chi connectivity index (χ2v) is 3.88. The molecule has 0 amide bonds. The number of hydrogen-bond acceptors (Lipinski definition) is 2. The highest BCUT2D eigenvalue weighted by atomic mass is 16.5. The molecule has 1 rings (SSSR count). The zero-order chi connectivity index (χ0) is 12.0. The average molecular weight is 220 g/mol. The van der Waals surface area contributed by atoms with E-state index in [-0.39, 0.29) is 0 Å². The average Bonchev–Trinajstić information content (AvgIpc) is 2.29. The summed E-state index contributed by atoms with van der Waals surface area (Å²) in [7, 11) is 3.38. The fourth-order valence-corrected chi connectivity index (χ4v) is 1.78. The molecule has 16 heavy (non-hydrogen) atoms. The minimum Gasteiger partial charge on any atom is -0.497 e. The van der Waals surface area contributed by atoms with E-state index in [1.54, 1.807) is 14.2 Å². The van der Waals surface area contributed by atoms with E-state index >= 15 is 0 Å². The quantitative estimate of drug-likeness (QED) is 0.707. The van der Waals surface area contributed by atoms with E-state index in [4.69, 9.17) is 9.47 Å². The van der Waals surface area contributed by atoms with Gasteiger partial charge in [0.05, 0.1) is 14.2 Å². The Labute approximate surface area is 97.9 Å². The third kappa shape index (κ3) is 3.30. The van der Waals surface area contributed by atoms with Gasteiger partial charge < -0.3 is 9.47 Å². The first kappa shape index (κ1) is 12.6. The third-order valence-corrected chi connectivity index (χ3v) is 2.55. The Kier molecular flexibility index (Phi) is 4.90. The van der Waals surface area contributed by atoms with Crippen molar-refractivity contribution in [2.24, 2.45) is 5.92 Å². The van der Waals surface area contributed by atoms with E-state index in [0.717, 1.165) is 17.9 Å². The molecule has 0 aliphatic heterocycles. The van der Waals surface area contributed by atoms with Gasteiger partial charge in [0.25, 0.3) is 0 Å².